The fraction of sp³-hybridized carbons (Fsp3) is 0.582. The summed E-state index contributed by atoms with van der Waals surface area (Å²) in [6.45, 7) is 11.8. The van der Waals surface area contributed by atoms with Crippen molar-refractivity contribution in [1.82, 2.24) is 62.8 Å². The molecule has 0 unspecified atom stereocenters. The van der Waals surface area contributed by atoms with E-state index in [2.05, 4.69) is 62.8 Å². The number of carbonyl (C=O) groups is 11. The van der Waals surface area contributed by atoms with Crippen LogP contribution in [0.3, 0.4) is 0 Å². The molecule has 96 heavy (non-hydrogen) atoms. The number of benzene rings is 2. The number of amides is 11. The van der Waals surface area contributed by atoms with E-state index >= 15 is 0 Å². The highest BCUT2D eigenvalue weighted by atomic mass is 16.2. The van der Waals surface area contributed by atoms with Gasteiger partial charge in [0.2, 0.25) is 65.0 Å². The number of aromatic amines is 2. The zero-order valence-electron chi connectivity index (χ0n) is 56.5. The van der Waals surface area contributed by atoms with E-state index in [1.54, 1.807) is 64.2 Å². The second-order valence-electron chi connectivity index (χ2n) is 25.5. The lowest BCUT2D eigenvalue weighted by Gasteiger charge is -2.30. The highest BCUT2D eigenvalue weighted by Crippen LogP contribution is 2.21. The third kappa shape index (κ3) is 27.5. The molecule has 0 fully saturated rings. The highest BCUT2D eigenvalue weighted by Gasteiger charge is 2.38. The molecule has 0 radical (unpaired) electrons. The lowest BCUT2D eigenvalue weighted by Crippen LogP contribution is -2.61. The van der Waals surface area contributed by atoms with Crippen LogP contribution in [-0.4, -0.2) is 160 Å². The highest BCUT2D eigenvalue weighted by molar-refractivity contribution is 5.99. The molecule has 11 atom stereocenters. The number of hydrogen-bond acceptors (Lipinski definition) is 16. The summed E-state index contributed by atoms with van der Waals surface area (Å²) in [6, 6.07) is 3.44. The molecule has 4 rings (SSSR count). The Morgan fingerprint density at radius 2 is 0.917 bits per heavy atom. The zero-order chi connectivity index (χ0) is 70.9. The first-order chi connectivity index (χ1) is 45.8. The number of unbranched alkanes of at least 4 members (excludes halogenated alkanes) is 3. The molecular weight excluding hydrogens is 1230 g/mol. The average molecular weight is 1340 g/mol. The first-order valence-electron chi connectivity index (χ1n) is 33.5. The molecule has 29 heteroatoms. The third-order valence-electron chi connectivity index (χ3n) is 16.5. The molecule has 29 nitrogen and oxygen atoms in total. The Bertz CT molecular complexity index is 3130. The molecule has 11 amide bonds. The molecule has 0 aliphatic rings. The van der Waals surface area contributed by atoms with Gasteiger partial charge < -0.3 is 92.2 Å². The number of hydrogen-bond donors (Lipinski definition) is 17. The van der Waals surface area contributed by atoms with Crippen LogP contribution in [0.4, 0.5) is 0 Å². The molecule has 0 bridgehead atoms. The van der Waals surface area contributed by atoms with Gasteiger partial charge in [-0.25, -0.2) is 4.98 Å². The van der Waals surface area contributed by atoms with Gasteiger partial charge in [-0.2, -0.15) is 0 Å². The molecule has 0 saturated heterocycles. The van der Waals surface area contributed by atoms with Gasteiger partial charge in [-0.15, -0.1) is 0 Å². The molecule has 23 N–H and O–H groups in total. The van der Waals surface area contributed by atoms with Gasteiger partial charge in [-0.1, -0.05) is 103 Å². The Hall–Kier alpha value is -8.80. The van der Waals surface area contributed by atoms with Crippen molar-refractivity contribution in [2.24, 2.45) is 52.2 Å². The summed E-state index contributed by atoms with van der Waals surface area (Å²) in [5, 5.41) is 25.7. The largest absolute Gasteiger partial charge is 0.370 e. The molecule has 530 valence electrons. The minimum atomic E-state index is -1.53. The van der Waals surface area contributed by atoms with E-state index in [1.807, 2.05) is 38.1 Å². The van der Waals surface area contributed by atoms with Crippen LogP contribution in [0, 0.1) is 17.8 Å². The van der Waals surface area contributed by atoms with Crippen molar-refractivity contribution >= 4 is 75.9 Å². The number of rotatable bonds is 46. The monoisotopic (exact) mass is 1340 g/mol. The Labute approximate surface area is 562 Å². The van der Waals surface area contributed by atoms with Crippen LogP contribution in [0.25, 0.3) is 10.9 Å². The van der Waals surface area contributed by atoms with Gasteiger partial charge in [0.15, 0.2) is 0 Å². The summed E-state index contributed by atoms with van der Waals surface area (Å²) in [4.78, 5) is 165. The summed E-state index contributed by atoms with van der Waals surface area (Å²) in [6.07, 6.45) is 7.88. The summed E-state index contributed by atoms with van der Waals surface area (Å²) >= 11 is 0. The first-order valence-corrected chi connectivity index (χ1v) is 33.5. The molecule has 4 aromatic rings. The maximum Gasteiger partial charge on any atom is 0.243 e. The number of nitrogens with zero attached hydrogens (tertiary/aromatic N) is 1. The van der Waals surface area contributed by atoms with Crippen molar-refractivity contribution in [3.8, 4) is 0 Å². The molecule has 0 spiro atoms. The number of nitrogens with two attached hydrogens (primary N) is 6. The Morgan fingerprint density at radius 1 is 0.469 bits per heavy atom. The van der Waals surface area contributed by atoms with Crippen LogP contribution in [0.5, 0.6) is 0 Å². The Morgan fingerprint density at radius 3 is 1.45 bits per heavy atom. The fourth-order valence-corrected chi connectivity index (χ4v) is 10.9. The fourth-order valence-electron chi connectivity index (χ4n) is 10.9. The zero-order valence-corrected chi connectivity index (χ0v) is 56.5. The van der Waals surface area contributed by atoms with Gasteiger partial charge in [-0.05, 0) is 125 Å². The van der Waals surface area contributed by atoms with Crippen LogP contribution in [0.15, 0.2) is 73.3 Å². The van der Waals surface area contributed by atoms with Crippen molar-refractivity contribution in [2.45, 2.75) is 211 Å². The molecule has 2 aromatic carbocycles. The standard InChI is InChI=1S/C67H106N18O11/c1-7-41(6)57(85-66(95)52(32-40(4)5)82-64(93)54(80-59(88)46(71)22-13-16-28-68)34-43-36-75-47-23-12-11-21-45(43)47)67(96)79-50(26-27-56(72)86)61(90)81-51(31-39(2)3)62(91)83-53(33-42-19-9-8-10-20-42)63(92)84-55(35-44-37-74-38-76-44)65(94)78-49(25-15-18-30-70)60(89)77-48(58(73)87)24-14-17-29-69/h8-12,19-21,23,36-41,46,48-55,57,75H,7,13-18,22,24-35,68-71H2,1-6H3,(H2,72,86)(H2,73,87)(H,74,76)(H,77,89)(H,78,94)(H,79,96)(H,80,88)(H,81,90)(H,82,93)(H,83,91)(H,84,92)(H,85,95)/t41-,46+,48+,49+,50+,51+,52+,53+,54+,55+,57+/m0/s1. The van der Waals surface area contributed by atoms with Gasteiger partial charge in [0.05, 0.1) is 12.4 Å². The lowest BCUT2D eigenvalue weighted by molar-refractivity contribution is -0.137. The minimum absolute atomic E-state index is 0.00173. The minimum Gasteiger partial charge on any atom is -0.370 e. The number of nitrogens with one attached hydrogen (secondary N) is 11. The molecular formula is C67H106N18O11. The number of carbonyl (C=O) groups excluding carboxylic acids is 11. The third-order valence-corrected chi connectivity index (χ3v) is 16.5. The summed E-state index contributed by atoms with van der Waals surface area (Å²) in [5.74, 6) is -9.48. The number of imidazole rings is 1. The van der Waals surface area contributed by atoms with Crippen LogP contribution < -0.4 is 82.3 Å². The number of aromatic nitrogens is 3. The van der Waals surface area contributed by atoms with Crippen LogP contribution >= 0.6 is 0 Å². The normalized spacial score (nSPS) is 14.8. The number of fused-ring (bicyclic) bond motifs is 1. The predicted molar refractivity (Wildman–Crippen MR) is 364 cm³/mol. The molecule has 0 aliphatic heterocycles. The van der Waals surface area contributed by atoms with Crippen molar-refractivity contribution in [2.75, 3.05) is 19.6 Å². The smallest absolute Gasteiger partial charge is 0.243 e. The van der Waals surface area contributed by atoms with E-state index in [0.717, 1.165) is 16.5 Å². The van der Waals surface area contributed by atoms with E-state index in [0.29, 0.717) is 82.3 Å². The number of primary amides is 2. The summed E-state index contributed by atoms with van der Waals surface area (Å²) in [5.41, 5.74) is 37.2. The van der Waals surface area contributed by atoms with Crippen LogP contribution in [0.2, 0.25) is 0 Å². The second-order valence-corrected chi connectivity index (χ2v) is 25.5. The quantitative estimate of drug-likeness (QED) is 0.0257. The van der Waals surface area contributed by atoms with E-state index in [9.17, 15) is 52.7 Å². The number of H-pyrrole nitrogens is 2. The average Bonchev–Trinajstić information content (AvgIpc) is 1.61. The van der Waals surface area contributed by atoms with Crippen LogP contribution in [0.1, 0.15) is 148 Å². The van der Waals surface area contributed by atoms with Crippen LogP contribution in [-0.2, 0) is 72.0 Å². The molecule has 0 aliphatic carbocycles. The van der Waals surface area contributed by atoms with E-state index in [4.69, 9.17) is 34.4 Å². The van der Waals surface area contributed by atoms with Crippen molar-refractivity contribution in [3.63, 3.8) is 0 Å². The summed E-state index contributed by atoms with van der Waals surface area (Å²) < 4.78 is 0. The molecule has 2 aromatic heterocycles. The van der Waals surface area contributed by atoms with E-state index in [-0.39, 0.29) is 63.2 Å². The maximum atomic E-state index is 14.8. The van der Waals surface area contributed by atoms with Gasteiger partial charge in [0, 0.05) is 54.7 Å². The maximum absolute atomic E-state index is 14.8. The van der Waals surface area contributed by atoms with Crippen molar-refractivity contribution in [3.05, 3.63) is 90.1 Å². The Balaban J connectivity index is 1.63. The summed E-state index contributed by atoms with van der Waals surface area (Å²) in [7, 11) is 0. The second kappa shape index (κ2) is 41.9. The SMILES string of the molecule is CC[C@H](C)[C@@H](NC(=O)[C@@H](CC(C)C)NC(=O)[C@@H](Cc1c[nH]c2ccccc12)NC(=O)[C@H](N)CCCCN)C(=O)N[C@H](CCC(N)=O)C(=O)N[C@H](CC(C)C)C(=O)N[C@H](Cc1ccccc1)C(=O)N[C@H](Cc1cnc[nH]1)C(=O)N[C@H](CCCCN)C(=O)N[C@H](CCCCN)C(N)=O. The lowest BCUT2D eigenvalue weighted by atomic mass is 9.95. The van der Waals surface area contributed by atoms with E-state index < -0.39 is 138 Å². The van der Waals surface area contributed by atoms with Gasteiger partial charge in [0.1, 0.15) is 54.4 Å². The topological polar surface area (TPSA) is 497 Å². The predicted octanol–water partition coefficient (Wildman–Crippen LogP) is -0.115. The Kier molecular flexibility index (Phi) is 34.8. The number of para-hydroxylation sites is 1. The van der Waals surface area contributed by atoms with E-state index in [1.165, 1.54) is 12.5 Å². The molecule has 2 heterocycles. The van der Waals surface area contributed by atoms with Gasteiger partial charge in [-0.3, -0.25) is 52.7 Å². The van der Waals surface area contributed by atoms with Crippen molar-refractivity contribution < 1.29 is 52.7 Å². The first kappa shape index (κ1) is 79.6. The van der Waals surface area contributed by atoms with Gasteiger partial charge >= 0.3 is 0 Å². The van der Waals surface area contributed by atoms with Crippen molar-refractivity contribution in [1.29, 1.82) is 0 Å². The molecule has 0 saturated carbocycles. The van der Waals surface area contributed by atoms with Gasteiger partial charge in [0.25, 0.3) is 0 Å².